The van der Waals surface area contributed by atoms with Gasteiger partial charge in [-0.15, -0.1) is 0 Å². The van der Waals surface area contributed by atoms with E-state index in [2.05, 4.69) is 4.98 Å². The molecule has 110 valence electrons. The van der Waals surface area contributed by atoms with Gasteiger partial charge in [0, 0.05) is 20.2 Å². The van der Waals surface area contributed by atoms with Gasteiger partial charge in [-0.3, -0.25) is 0 Å². The van der Waals surface area contributed by atoms with E-state index in [-0.39, 0.29) is 11.3 Å². The summed E-state index contributed by atoms with van der Waals surface area (Å²) in [5, 5.41) is 0.282. The number of methoxy groups -OCH3 is 1. The molecule has 0 spiro atoms. The lowest BCUT2D eigenvalue weighted by molar-refractivity contribution is 0.00694. The van der Waals surface area contributed by atoms with Crippen LogP contribution in [0.3, 0.4) is 0 Å². The number of carbonyl (C=O) groups excluding carboxylic acids is 1. The molecule has 0 bridgehead atoms. The van der Waals surface area contributed by atoms with Crippen molar-refractivity contribution >= 4 is 23.4 Å². The molecule has 6 heteroatoms. The number of hydrogen-bond acceptors (Lipinski definition) is 5. The molecule has 1 fully saturated rings. The number of ether oxygens (including phenoxy) is 2. The van der Waals surface area contributed by atoms with Crippen LogP contribution in [-0.2, 0) is 9.47 Å². The smallest absolute Gasteiger partial charge is 0.338 e. The molecule has 0 N–H and O–H groups in total. The van der Waals surface area contributed by atoms with Crippen LogP contribution in [0.15, 0.2) is 12.1 Å². The number of esters is 1. The third kappa shape index (κ3) is 3.61. The van der Waals surface area contributed by atoms with Crippen molar-refractivity contribution in [2.75, 3.05) is 25.1 Å². The molecule has 0 aromatic carbocycles. The minimum Gasteiger partial charge on any atom is -0.456 e. The second-order valence-electron chi connectivity index (χ2n) is 5.80. The van der Waals surface area contributed by atoms with Gasteiger partial charge < -0.3 is 14.4 Å². The second kappa shape index (κ2) is 5.58. The Balaban J connectivity index is 2.15. The van der Waals surface area contributed by atoms with E-state index in [0.29, 0.717) is 11.4 Å². The fourth-order valence-electron chi connectivity index (χ4n) is 1.87. The van der Waals surface area contributed by atoms with Crippen LogP contribution >= 0.6 is 11.6 Å². The van der Waals surface area contributed by atoms with Crippen LogP contribution in [0.2, 0.25) is 5.15 Å². The molecule has 0 aliphatic carbocycles. The first-order valence-corrected chi connectivity index (χ1v) is 6.85. The molecule has 1 saturated heterocycles. The van der Waals surface area contributed by atoms with Crippen LogP contribution in [0.4, 0.5) is 5.82 Å². The van der Waals surface area contributed by atoms with E-state index in [1.807, 2.05) is 25.7 Å². The number of hydrogen-bond donors (Lipinski definition) is 0. The van der Waals surface area contributed by atoms with Crippen molar-refractivity contribution in [3.05, 3.63) is 22.8 Å². The van der Waals surface area contributed by atoms with Crippen LogP contribution in [0, 0.1) is 0 Å². The summed E-state index contributed by atoms with van der Waals surface area (Å²) in [6.45, 7) is 6.98. The minimum absolute atomic E-state index is 0.209. The van der Waals surface area contributed by atoms with Gasteiger partial charge in [-0.05, 0) is 32.9 Å². The fourth-order valence-corrected chi connectivity index (χ4v) is 2.08. The first-order valence-electron chi connectivity index (χ1n) is 6.47. The van der Waals surface area contributed by atoms with Gasteiger partial charge in [0.05, 0.1) is 11.7 Å². The number of carbonyl (C=O) groups is 1. The Bertz CT molecular complexity index is 508. The van der Waals surface area contributed by atoms with Crippen molar-refractivity contribution in [2.45, 2.75) is 32.5 Å². The summed E-state index contributed by atoms with van der Waals surface area (Å²) in [5.74, 6) is 0.276. The number of nitrogens with zero attached hydrogens (tertiary/aromatic N) is 2. The van der Waals surface area contributed by atoms with Gasteiger partial charge in [0.15, 0.2) is 0 Å². The highest BCUT2D eigenvalue weighted by Gasteiger charge is 2.28. The molecule has 0 saturated carbocycles. The van der Waals surface area contributed by atoms with E-state index in [9.17, 15) is 4.79 Å². The Labute approximate surface area is 123 Å². The second-order valence-corrected chi connectivity index (χ2v) is 6.19. The third-order valence-electron chi connectivity index (χ3n) is 2.92. The number of aromatic nitrogens is 1. The Morgan fingerprint density at radius 3 is 2.60 bits per heavy atom. The molecular formula is C14H19ClN2O3. The highest BCUT2D eigenvalue weighted by Crippen LogP contribution is 2.24. The maximum Gasteiger partial charge on any atom is 0.338 e. The largest absolute Gasteiger partial charge is 0.456 e. The van der Waals surface area contributed by atoms with Crippen molar-refractivity contribution in [1.82, 2.24) is 4.98 Å². The molecule has 0 amide bonds. The van der Waals surface area contributed by atoms with Gasteiger partial charge >= 0.3 is 5.97 Å². The van der Waals surface area contributed by atoms with Crippen LogP contribution in [-0.4, -0.2) is 42.9 Å². The monoisotopic (exact) mass is 298 g/mol. The molecular weight excluding hydrogens is 280 g/mol. The summed E-state index contributed by atoms with van der Waals surface area (Å²) in [4.78, 5) is 18.3. The van der Waals surface area contributed by atoms with Crippen LogP contribution in [0.5, 0.6) is 0 Å². The SMILES string of the molecule is COC1CN(c2cc(C(=O)OC(C)(C)C)cc(Cl)n2)C1. The maximum absolute atomic E-state index is 12.1. The van der Waals surface area contributed by atoms with E-state index in [1.165, 1.54) is 6.07 Å². The summed E-state index contributed by atoms with van der Waals surface area (Å²) in [7, 11) is 1.68. The zero-order chi connectivity index (χ0) is 14.9. The number of pyridine rings is 1. The molecule has 1 aromatic rings. The van der Waals surface area contributed by atoms with E-state index >= 15 is 0 Å². The number of anilines is 1. The summed E-state index contributed by atoms with van der Waals surface area (Å²) in [5.41, 5.74) is -0.124. The molecule has 20 heavy (non-hydrogen) atoms. The number of rotatable bonds is 3. The van der Waals surface area contributed by atoms with Gasteiger partial charge in [-0.2, -0.15) is 0 Å². The van der Waals surface area contributed by atoms with Gasteiger partial charge in [-0.25, -0.2) is 9.78 Å². The minimum atomic E-state index is -0.537. The van der Waals surface area contributed by atoms with Gasteiger partial charge in [0.2, 0.25) is 0 Å². The Morgan fingerprint density at radius 2 is 2.05 bits per heavy atom. The Hall–Kier alpha value is -1.33. The van der Waals surface area contributed by atoms with Crippen molar-refractivity contribution in [3.63, 3.8) is 0 Å². The van der Waals surface area contributed by atoms with Gasteiger partial charge in [-0.1, -0.05) is 11.6 Å². The van der Waals surface area contributed by atoms with Gasteiger partial charge in [0.25, 0.3) is 0 Å². The van der Waals surface area contributed by atoms with E-state index in [0.717, 1.165) is 13.1 Å². The Kier molecular flexibility index (Phi) is 4.20. The average molecular weight is 299 g/mol. The van der Waals surface area contributed by atoms with Crippen molar-refractivity contribution in [1.29, 1.82) is 0 Å². The predicted molar refractivity (Wildman–Crippen MR) is 77.4 cm³/mol. The standard InChI is InChI=1S/C14H19ClN2O3/c1-14(2,3)20-13(18)9-5-11(15)16-12(6-9)17-7-10(8-17)19-4/h5-6,10H,7-8H2,1-4H3. The molecule has 2 rings (SSSR count). The molecule has 0 unspecified atom stereocenters. The molecule has 2 heterocycles. The molecule has 0 atom stereocenters. The van der Waals surface area contributed by atoms with Crippen LogP contribution in [0.25, 0.3) is 0 Å². The third-order valence-corrected chi connectivity index (χ3v) is 3.11. The lowest BCUT2D eigenvalue weighted by atomic mass is 10.1. The van der Waals surface area contributed by atoms with Crippen LogP contribution in [0.1, 0.15) is 31.1 Å². The highest BCUT2D eigenvalue weighted by molar-refractivity contribution is 6.29. The van der Waals surface area contributed by atoms with E-state index in [1.54, 1.807) is 13.2 Å². The topological polar surface area (TPSA) is 51.7 Å². The molecule has 5 nitrogen and oxygen atoms in total. The highest BCUT2D eigenvalue weighted by atomic mass is 35.5. The molecule has 0 radical (unpaired) electrons. The lowest BCUT2D eigenvalue weighted by Gasteiger charge is -2.39. The quantitative estimate of drug-likeness (QED) is 0.634. The summed E-state index contributed by atoms with van der Waals surface area (Å²) < 4.78 is 10.6. The summed E-state index contributed by atoms with van der Waals surface area (Å²) in [6, 6.07) is 3.22. The van der Waals surface area contributed by atoms with Crippen molar-refractivity contribution in [2.24, 2.45) is 0 Å². The first kappa shape index (κ1) is 15.1. The van der Waals surface area contributed by atoms with Crippen molar-refractivity contribution in [3.8, 4) is 0 Å². The number of halogens is 1. The van der Waals surface area contributed by atoms with Gasteiger partial charge in [0.1, 0.15) is 16.6 Å². The average Bonchev–Trinajstić information content (AvgIpc) is 2.24. The predicted octanol–water partition coefficient (Wildman–Crippen LogP) is 2.53. The maximum atomic E-state index is 12.1. The van der Waals surface area contributed by atoms with Crippen molar-refractivity contribution < 1.29 is 14.3 Å². The van der Waals surface area contributed by atoms with E-state index in [4.69, 9.17) is 21.1 Å². The fraction of sp³-hybridized carbons (Fsp3) is 0.571. The zero-order valence-electron chi connectivity index (χ0n) is 12.1. The summed E-state index contributed by atoms with van der Waals surface area (Å²) in [6.07, 6.45) is 0.209. The summed E-state index contributed by atoms with van der Waals surface area (Å²) >= 11 is 5.98. The normalized spacial score (nSPS) is 15.9. The van der Waals surface area contributed by atoms with Crippen LogP contribution < -0.4 is 4.90 Å². The molecule has 1 aliphatic heterocycles. The molecule has 1 aromatic heterocycles. The first-order chi connectivity index (χ1) is 9.28. The molecule has 1 aliphatic rings. The lowest BCUT2D eigenvalue weighted by Crippen LogP contribution is -2.52. The zero-order valence-corrected chi connectivity index (χ0v) is 12.9. The van der Waals surface area contributed by atoms with E-state index < -0.39 is 11.6 Å². The Morgan fingerprint density at radius 1 is 1.40 bits per heavy atom.